The molecule has 0 fully saturated rings. The maximum Gasteiger partial charge on any atom is 0.253 e. The van der Waals surface area contributed by atoms with E-state index in [1.807, 2.05) is 19.9 Å². The van der Waals surface area contributed by atoms with Crippen LogP contribution in [0.2, 0.25) is 0 Å². The molecule has 5 nitrogen and oxygen atoms in total. The van der Waals surface area contributed by atoms with Gasteiger partial charge in [0.25, 0.3) is 5.78 Å². The van der Waals surface area contributed by atoms with E-state index >= 15 is 0 Å². The van der Waals surface area contributed by atoms with Crippen molar-refractivity contribution in [2.75, 3.05) is 0 Å². The molecule has 0 saturated heterocycles. The number of thiazole rings is 1. The summed E-state index contributed by atoms with van der Waals surface area (Å²) in [5.74, 6) is 2.19. The summed E-state index contributed by atoms with van der Waals surface area (Å²) in [4.78, 5) is 13.6. The molecule has 0 aliphatic rings. The Morgan fingerprint density at radius 2 is 2.04 bits per heavy atom. The minimum Gasteiger partial charge on any atom is -0.245 e. The Morgan fingerprint density at radius 1 is 1.22 bits per heavy atom. The van der Waals surface area contributed by atoms with E-state index in [9.17, 15) is 0 Å². The number of fused-ring (bicyclic) bond motifs is 1. The van der Waals surface area contributed by atoms with E-state index in [1.54, 1.807) is 27.6 Å². The monoisotopic (exact) mass is 347 g/mol. The molecule has 0 atom stereocenters. The van der Waals surface area contributed by atoms with Gasteiger partial charge in [-0.05, 0) is 38.7 Å². The molecule has 0 N–H and O–H groups in total. The minimum absolute atomic E-state index is 0.668. The van der Waals surface area contributed by atoms with Crippen LogP contribution < -0.4 is 0 Å². The van der Waals surface area contributed by atoms with Crippen LogP contribution in [0.3, 0.4) is 0 Å². The zero-order valence-electron chi connectivity index (χ0n) is 13.9. The predicted molar refractivity (Wildman–Crippen MR) is 95.1 cm³/mol. The molecule has 0 aliphatic carbocycles. The van der Waals surface area contributed by atoms with Crippen LogP contribution in [0.25, 0.3) is 5.78 Å². The summed E-state index contributed by atoms with van der Waals surface area (Å²) in [5.41, 5.74) is 3.13. The van der Waals surface area contributed by atoms with Crippen LogP contribution in [-0.2, 0) is 12.2 Å². The van der Waals surface area contributed by atoms with Gasteiger partial charge in [-0.25, -0.2) is 14.5 Å². The molecule has 7 heteroatoms. The molecule has 23 heavy (non-hydrogen) atoms. The average molecular weight is 348 g/mol. The summed E-state index contributed by atoms with van der Waals surface area (Å²) in [6.45, 7) is 8.49. The average Bonchev–Trinajstić information content (AvgIpc) is 3.09. The van der Waals surface area contributed by atoms with Crippen molar-refractivity contribution in [3.63, 3.8) is 0 Å². The van der Waals surface area contributed by atoms with Crippen LogP contribution in [-0.4, -0.2) is 24.6 Å². The highest BCUT2D eigenvalue weighted by atomic mass is 32.2. The molecule has 0 aliphatic heterocycles. The predicted octanol–water partition coefficient (Wildman–Crippen LogP) is 4.08. The first-order valence-corrected chi connectivity index (χ1v) is 9.65. The fourth-order valence-electron chi connectivity index (χ4n) is 2.29. The van der Waals surface area contributed by atoms with Crippen LogP contribution in [0.15, 0.2) is 16.6 Å². The lowest BCUT2D eigenvalue weighted by molar-refractivity contribution is 0.585. The second-order valence-corrected chi connectivity index (χ2v) is 7.98. The molecule has 0 radical (unpaired) electrons. The van der Waals surface area contributed by atoms with Crippen LogP contribution in [0.4, 0.5) is 0 Å². The highest BCUT2D eigenvalue weighted by molar-refractivity contribution is 7.98. The van der Waals surface area contributed by atoms with Crippen LogP contribution in [0.5, 0.6) is 0 Å². The number of nitrogens with zero attached hydrogens (tertiary/aromatic N) is 5. The number of hydrogen-bond acceptors (Lipinski definition) is 6. The van der Waals surface area contributed by atoms with E-state index in [2.05, 4.69) is 34.3 Å². The molecule has 3 rings (SSSR count). The van der Waals surface area contributed by atoms with Gasteiger partial charge >= 0.3 is 0 Å². The van der Waals surface area contributed by atoms with Crippen molar-refractivity contribution in [3.05, 3.63) is 33.5 Å². The van der Waals surface area contributed by atoms with E-state index in [4.69, 9.17) is 4.98 Å². The van der Waals surface area contributed by atoms with E-state index in [0.29, 0.717) is 5.78 Å². The summed E-state index contributed by atoms with van der Waals surface area (Å²) in [5, 5.41) is 8.64. The molecule has 0 aromatic carbocycles. The number of rotatable bonds is 6. The summed E-state index contributed by atoms with van der Waals surface area (Å²) < 4.78 is 1.80. The quantitative estimate of drug-likeness (QED) is 0.629. The zero-order chi connectivity index (χ0) is 16.4. The minimum atomic E-state index is 0.668. The third-order valence-electron chi connectivity index (χ3n) is 3.48. The molecule has 0 amide bonds. The molecular weight excluding hydrogens is 326 g/mol. The molecule has 0 unspecified atom stereocenters. The summed E-state index contributed by atoms with van der Waals surface area (Å²) in [6.07, 6.45) is 2.26. The zero-order valence-corrected chi connectivity index (χ0v) is 15.5. The Balaban J connectivity index is 1.65. The van der Waals surface area contributed by atoms with Crippen molar-refractivity contribution in [1.82, 2.24) is 24.6 Å². The van der Waals surface area contributed by atoms with Gasteiger partial charge < -0.3 is 0 Å². The van der Waals surface area contributed by atoms with Gasteiger partial charge in [-0.1, -0.05) is 25.6 Å². The van der Waals surface area contributed by atoms with Gasteiger partial charge in [-0.3, -0.25) is 0 Å². The number of hydrogen-bond donors (Lipinski definition) is 0. The van der Waals surface area contributed by atoms with E-state index in [0.717, 1.165) is 40.3 Å². The number of aryl methyl sites for hydroxylation is 3. The Hall–Kier alpha value is -1.47. The van der Waals surface area contributed by atoms with E-state index < -0.39 is 0 Å². The van der Waals surface area contributed by atoms with Gasteiger partial charge in [0.1, 0.15) is 0 Å². The fraction of sp³-hybridized carbons (Fsp3) is 0.500. The molecule has 122 valence electrons. The molecule has 0 spiro atoms. The third kappa shape index (κ3) is 4.09. The van der Waals surface area contributed by atoms with Crippen molar-refractivity contribution >= 4 is 28.9 Å². The standard InChI is InChI=1S/C16H21N5S2/c1-10(2)5-6-14-18-13(8-22-14)9-23-16-19-15-17-11(3)7-12(4)21(15)20-16/h7-8,10H,5-6,9H2,1-4H3. The third-order valence-corrected chi connectivity index (χ3v) is 5.31. The molecule has 0 bridgehead atoms. The molecule has 3 aromatic heterocycles. The van der Waals surface area contributed by atoms with Crippen LogP contribution >= 0.6 is 23.1 Å². The van der Waals surface area contributed by atoms with Gasteiger partial charge in [-0.15, -0.1) is 16.4 Å². The van der Waals surface area contributed by atoms with Gasteiger partial charge in [0.2, 0.25) is 5.16 Å². The number of thioether (sulfide) groups is 1. The maximum atomic E-state index is 4.70. The topological polar surface area (TPSA) is 56.0 Å². The van der Waals surface area contributed by atoms with Crippen molar-refractivity contribution < 1.29 is 0 Å². The smallest absolute Gasteiger partial charge is 0.245 e. The Morgan fingerprint density at radius 3 is 2.83 bits per heavy atom. The van der Waals surface area contributed by atoms with Crippen LogP contribution in [0.1, 0.15) is 42.4 Å². The van der Waals surface area contributed by atoms with Crippen molar-refractivity contribution in [1.29, 1.82) is 0 Å². The first kappa shape index (κ1) is 16.4. The highest BCUT2D eigenvalue weighted by Crippen LogP contribution is 2.22. The summed E-state index contributed by atoms with van der Waals surface area (Å²) in [7, 11) is 0. The Labute approximate surface area is 144 Å². The molecular formula is C16H21N5S2. The van der Waals surface area contributed by atoms with E-state index in [1.165, 1.54) is 11.4 Å². The lowest BCUT2D eigenvalue weighted by Gasteiger charge is -2.00. The lowest BCUT2D eigenvalue weighted by Crippen LogP contribution is -1.97. The van der Waals surface area contributed by atoms with Crippen LogP contribution in [0, 0.1) is 19.8 Å². The van der Waals surface area contributed by atoms with Crippen molar-refractivity contribution in [2.24, 2.45) is 5.92 Å². The maximum absolute atomic E-state index is 4.70. The number of aromatic nitrogens is 5. The van der Waals surface area contributed by atoms with Gasteiger partial charge in [0.05, 0.1) is 10.7 Å². The fourth-order valence-corrected chi connectivity index (χ4v) is 3.92. The second-order valence-electron chi connectivity index (χ2n) is 6.10. The van der Waals surface area contributed by atoms with Crippen molar-refractivity contribution in [3.8, 4) is 0 Å². The first-order chi connectivity index (χ1) is 11.0. The van der Waals surface area contributed by atoms with Crippen molar-refractivity contribution in [2.45, 2.75) is 51.4 Å². The molecule has 0 saturated carbocycles. The molecule has 3 aromatic rings. The van der Waals surface area contributed by atoms with Gasteiger partial charge in [-0.2, -0.15) is 4.98 Å². The van der Waals surface area contributed by atoms with E-state index in [-0.39, 0.29) is 0 Å². The molecule has 3 heterocycles. The normalized spacial score (nSPS) is 11.7. The Bertz CT molecular complexity index is 806. The summed E-state index contributed by atoms with van der Waals surface area (Å²) in [6, 6.07) is 2.01. The summed E-state index contributed by atoms with van der Waals surface area (Å²) >= 11 is 3.37. The van der Waals surface area contributed by atoms with Gasteiger partial charge in [0.15, 0.2) is 0 Å². The highest BCUT2D eigenvalue weighted by Gasteiger charge is 2.10. The first-order valence-electron chi connectivity index (χ1n) is 7.78. The Kier molecular flexibility index (Phi) is 4.96. The SMILES string of the molecule is Cc1cc(C)n2nc(SCc3csc(CCC(C)C)n3)nc2n1. The lowest BCUT2D eigenvalue weighted by atomic mass is 10.1. The van der Waals surface area contributed by atoms with Gasteiger partial charge in [0, 0.05) is 22.5 Å². The largest absolute Gasteiger partial charge is 0.253 e. The second kappa shape index (κ2) is 6.97.